The molecule has 0 saturated heterocycles. The molecule has 0 aromatic heterocycles. The molecule has 2 N–H and O–H groups in total. The smallest absolute Gasteiger partial charge is 0.145 e. The molecule has 0 radical (unpaired) electrons. The van der Waals surface area contributed by atoms with E-state index >= 15 is 0 Å². The molecule has 0 unspecified atom stereocenters. The van der Waals surface area contributed by atoms with Gasteiger partial charge in [0.2, 0.25) is 0 Å². The summed E-state index contributed by atoms with van der Waals surface area (Å²) in [4.78, 5) is 2.36. The van der Waals surface area contributed by atoms with Gasteiger partial charge in [-0.2, -0.15) is 0 Å². The average Bonchev–Trinajstić information content (AvgIpc) is 2.51. The average molecular weight is 326 g/mol. The fourth-order valence-electron chi connectivity index (χ4n) is 3.03. The molecule has 2 aromatic rings. The quantitative estimate of drug-likeness (QED) is 0.666. The summed E-state index contributed by atoms with van der Waals surface area (Å²) in [5.74, 6) is 1.79. The van der Waals surface area contributed by atoms with Crippen molar-refractivity contribution in [1.82, 2.24) is 0 Å². The van der Waals surface area contributed by atoms with Gasteiger partial charge in [-0.1, -0.05) is 17.7 Å². The Hall–Kier alpha value is -2.36. The Labute approximate surface area is 144 Å². The molecule has 0 amide bonds. The maximum absolute atomic E-state index is 6.06. The van der Waals surface area contributed by atoms with E-state index in [-0.39, 0.29) is 5.60 Å². The molecule has 2 aromatic carbocycles. The van der Waals surface area contributed by atoms with Crippen LogP contribution in [-0.2, 0) is 0 Å². The van der Waals surface area contributed by atoms with E-state index in [9.17, 15) is 0 Å². The van der Waals surface area contributed by atoms with Crippen molar-refractivity contribution >= 4 is 11.4 Å². The van der Waals surface area contributed by atoms with Gasteiger partial charge in [-0.25, -0.2) is 0 Å². The second-order valence-corrected chi connectivity index (χ2v) is 7.03. The molecular weight excluding hydrogens is 300 g/mol. The van der Waals surface area contributed by atoms with Crippen LogP contribution in [0.3, 0.4) is 0 Å². The van der Waals surface area contributed by atoms with Gasteiger partial charge in [0.25, 0.3) is 0 Å². The zero-order chi connectivity index (χ0) is 17.2. The number of nitrogens with two attached hydrogens (primary N) is 1. The summed E-state index contributed by atoms with van der Waals surface area (Å²) >= 11 is 0. The summed E-state index contributed by atoms with van der Waals surface area (Å²) in [6.07, 6.45) is 0.952. The van der Waals surface area contributed by atoms with E-state index in [4.69, 9.17) is 15.2 Å². The van der Waals surface area contributed by atoms with E-state index in [1.54, 1.807) is 0 Å². The van der Waals surface area contributed by atoms with Crippen LogP contribution in [0, 0.1) is 6.92 Å². The summed E-state index contributed by atoms with van der Waals surface area (Å²) in [5.41, 5.74) is 8.76. The van der Waals surface area contributed by atoms with Gasteiger partial charge in [0.15, 0.2) is 0 Å². The number of hydrogen-bond acceptors (Lipinski definition) is 4. The van der Waals surface area contributed by atoms with Crippen LogP contribution in [0.4, 0.5) is 11.4 Å². The Bertz CT molecular complexity index is 695. The minimum atomic E-state index is -0.224. The summed E-state index contributed by atoms with van der Waals surface area (Å²) in [5, 5.41) is 0. The van der Waals surface area contributed by atoms with Crippen LogP contribution in [0.25, 0.3) is 0 Å². The molecule has 1 aliphatic heterocycles. The summed E-state index contributed by atoms with van der Waals surface area (Å²) in [6.45, 7) is 8.77. The zero-order valence-electron chi connectivity index (χ0n) is 14.7. The Morgan fingerprint density at radius 1 is 1.17 bits per heavy atom. The second-order valence-electron chi connectivity index (χ2n) is 7.03. The lowest BCUT2D eigenvalue weighted by molar-refractivity contribution is 0.104. The van der Waals surface area contributed by atoms with Gasteiger partial charge in [0.1, 0.15) is 17.1 Å². The number of aryl methyl sites for hydroxylation is 1. The highest BCUT2D eigenvalue weighted by molar-refractivity contribution is 5.65. The number of rotatable bonds is 5. The van der Waals surface area contributed by atoms with E-state index in [0.717, 1.165) is 42.4 Å². The van der Waals surface area contributed by atoms with Gasteiger partial charge in [-0.05, 0) is 51.5 Å². The third kappa shape index (κ3) is 3.94. The second kappa shape index (κ2) is 6.63. The summed E-state index contributed by atoms with van der Waals surface area (Å²) < 4.78 is 11.9. The molecule has 24 heavy (non-hydrogen) atoms. The first-order chi connectivity index (χ1) is 11.4. The van der Waals surface area contributed by atoms with Gasteiger partial charge in [0, 0.05) is 18.3 Å². The minimum absolute atomic E-state index is 0.224. The first-order valence-electron chi connectivity index (χ1n) is 8.46. The maximum Gasteiger partial charge on any atom is 0.145 e. The largest absolute Gasteiger partial charge is 0.494 e. The van der Waals surface area contributed by atoms with E-state index in [1.165, 1.54) is 5.56 Å². The van der Waals surface area contributed by atoms with Crippen molar-refractivity contribution < 1.29 is 9.47 Å². The van der Waals surface area contributed by atoms with Crippen molar-refractivity contribution in [3.05, 3.63) is 48.0 Å². The molecule has 0 saturated carbocycles. The summed E-state index contributed by atoms with van der Waals surface area (Å²) in [7, 11) is 0. The number of nitrogen functional groups attached to an aromatic ring is 1. The normalized spacial score (nSPS) is 15.5. The van der Waals surface area contributed by atoms with E-state index in [1.807, 2.05) is 30.3 Å². The Morgan fingerprint density at radius 2 is 1.92 bits per heavy atom. The van der Waals surface area contributed by atoms with Crippen LogP contribution in [0.5, 0.6) is 11.5 Å². The van der Waals surface area contributed by atoms with Crippen LogP contribution in [0.1, 0.15) is 25.8 Å². The van der Waals surface area contributed by atoms with Crippen molar-refractivity contribution in [3.8, 4) is 11.5 Å². The predicted octanol–water partition coefficient (Wildman–Crippen LogP) is 4.02. The lowest BCUT2D eigenvalue weighted by Crippen LogP contribution is -2.47. The Balaban J connectivity index is 1.59. The van der Waals surface area contributed by atoms with Crippen molar-refractivity contribution in [2.24, 2.45) is 0 Å². The SMILES string of the molecule is Cc1ccc(OCCCN2CC(C)(C)Oc3cc(N)ccc32)cc1. The van der Waals surface area contributed by atoms with Crippen molar-refractivity contribution in [1.29, 1.82) is 0 Å². The zero-order valence-corrected chi connectivity index (χ0v) is 14.7. The summed E-state index contributed by atoms with van der Waals surface area (Å²) in [6, 6.07) is 14.1. The number of anilines is 2. The third-order valence-corrected chi connectivity index (χ3v) is 4.14. The van der Waals surface area contributed by atoms with Crippen LogP contribution in [0.15, 0.2) is 42.5 Å². The molecule has 128 valence electrons. The minimum Gasteiger partial charge on any atom is -0.494 e. The number of hydrogen-bond donors (Lipinski definition) is 1. The van der Waals surface area contributed by atoms with Crippen molar-refractivity contribution in [2.75, 3.05) is 30.3 Å². The molecule has 0 spiro atoms. The van der Waals surface area contributed by atoms with Crippen molar-refractivity contribution in [3.63, 3.8) is 0 Å². The lowest BCUT2D eigenvalue weighted by Gasteiger charge is -2.41. The molecule has 0 aliphatic carbocycles. The first kappa shape index (κ1) is 16.5. The fourth-order valence-corrected chi connectivity index (χ4v) is 3.03. The molecule has 0 atom stereocenters. The standard InChI is InChI=1S/C20H26N2O2/c1-15-5-8-17(9-6-15)23-12-4-11-22-14-20(2,3)24-19-13-16(21)7-10-18(19)22/h5-10,13H,4,11-12,14,21H2,1-3H3. The molecule has 0 fully saturated rings. The highest BCUT2D eigenvalue weighted by atomic mass is 16.5. The fraction of sp³-hybridized carbons (Fsp3) is 0.400. The molecule has 4 heteroatoms. The lowest BCUT2D eigenvalue weighted by atomic mass is 10.0. The number of fused-ring (bicyclic) bond motifs is 1. The molecule has 4 nitrogen and oxygen atoms in total. The predicted molar refractivity (Wildman–Crippen MR) is 99.1 cm³/mol. The monoisotopic (exact) mass is 326 g/mol. The van der Waals surface area contributed by atoms with Crippen LogP contribution >= 0.6 is 0 Å². The molecular formula is C20H26N2O2. The highest BCUT2D eigenvalue weighted by Crippen LogP contribution is 2.38. The van der Waals surface area contributed by atoms with Gasteiger partial charge in [-0.15, -0.1) is 0 Å². The van der Waals surface area contributed by atoms with Gasteiger partial charge in [0.05, 0.1) is 18.8 Å². The van der Waals surface area contributed by atoms with E-state index in [0.29, 0.717) is 6.61 Å². The Kier molecular flexibility index (Phi) is 4.56. The van der Waals surface area contributed by atoms with Gasteiger partial charge < -0.3 is 20.1 Å². The maximum atomic E-state index is 6.06. The van der Waals surface area contributed by atoms with E-state index < -0.39 is 0 Å². The van der Waals surface area contributed by atoms with Crippen LogP contribution in [-0.4, -0.2) is 25.3 Å². The van der Waals surface area contributed by atoms with Gasteiger partial charge in [-0.3, -0.25) is 0 Å². The van der Waals surface area contributed by atoms with Crippen LogP contribution in [0.2, 0.25) is 0 Å². The van der Waals surface area contributed by atoms with Crippen LogP contribution < -0.4 is 20.1 Å². The molecule has 0 bridgehead atoms. The topological polar surface area (TPSA) is 47.7 Å². The van der Waals surface area contributed by atoms with Crippen molar-refractivity contribution in [2.45, 2.75) is 32.8 Å². The molecule has 3 rings (SSSR count). The number of ether oxygens (including phenoxy) is 2. The Morgan fingerprint density at radius 3 is 2.67 bits per heavy atom. The van der Waals surface area contributed by atoms with E-state index in [2.05, 4.69) is 37.8 Å². The highest BCUT2D eigenvalue weighted by Gasteiger charge is 2.31. The first-order valence-corrected chi connectivity index (χ1v) is 8.46. The van der Waals surface area contributed by atoms with Gasteiger partial charge >= 0.3 is 0 Å². The number of benzene rings is 2. The number of nitrogens with zero attached hydrogens (tertiary/aromatic N) is 1. The third-order valence-electron chi connectivity index (χ3n) is 4.14. The molecule has 1 aliphatic rings. The molecule has 1 heterocycles.